The molecular formula is C79H112ClIN16O8S3. The van der Waals surface area contributed by atoms with Crippen molar-refractivity contribution in [3.63, 3.8) is 0 Å². The maximum absolute atomic E-state index is 12.5. The van der Waals surface area contributed by atoms with Crippen molar-refractivity contribution >= 4 is 150 Å². The van der Waals surface area contributed by atoms with Gasteiger partial charge in [0.15, 0.2) is 0 Å². The minimum atomic E-state index is -0.417. The Morgan fingerprint density at radius 3 is 1.21 bits per heavy atom. The third kappa shape index (κ3) is 27.8. The minimum absolute atomic E-state index is 0. The minimum Gasteiger partial charge on any atom is -0.399 e. The lowest BCUT2D eigenvalue weighted by atomic mass is 10.00. The normalized spacial score (nSPS) is 17.2. The van der Waals surface area contributed by atoms with Gasteiger partial charge in [-0.25, -0.2) is 4.99 Å². The highest BCUT2D eigenvalue weighted by Crippen LogP contribution is 2.36. The van der Waals surface area contributed by atoms with Gasteiger partial charge >= 0.3 is 0 Å². The Kier molecular flexibility index (Phi) is 39.2. The summed E-state index contributed by atoms with van der Waals surface area (Å²) in [6.07, 6.45) is 26.5. The summed E-state index contributed by atoms with van der Waals surface area (Å²) >= 11 is 10.3. The van der Waals surface area contributed by atoms with Gasteiger partial charge in [-0.15, -0.1) is 70.0 Å². The second-order valence-corrected chi connectivity index (χ2v) is 30.7. The van der Waals surface area contributed by atoms with Crippen molar-refractivity contribution in [1.29, 1.82) is 5.41 Å². The Labute approximate surface area is 671 Å². The Bertz CT molecular complexity index is 3820. The monoisotopic (exact) mass is 1670 g/mol. The first-order valence-corrected chi connectivity index (χ1v) is 41.7. The van der Waals surface area contributed by atoms with E-state index in [4.69, 9.17) is 28.5 Å². The number of amidine groups is 1. The number of nitrogens with one attached hydrogen (secondary N) is 2. The zero-order chi connectivity index (χ0) is 76.3. The molecule has 0 bridgehead atoms. The number of non-ortho nitro benzene ring substituents is 2. The van der Waals surface area contributed by atoms with Crippen LogP contribution < -0.4 is 48.1 Å². The number of carbonyl (C=O) groups is 4. The number of aliphatic imine (C=N–C) groups is 1. The molecule has 0 radical (unpaired) electrons. The van der Waals surface area contributed by atoms with Crippen LogP contribution in [0.1, 0.15) is 160 Å². The number of nitro groups is 2. The smallest absolute Gasteiger partial charge is 0.269 e. The number of likely N-dealkylation sites (tertiary alicyclic amines) is 3. The van der Waals surface area contributed by atoms with E-state index in [9.17, 15) is 39.4 Å². The number of carbonyl (C=O) groups excluding carboxylic acids is 4. The number of nitro benzene ring substituents is 2. The van der Waals surface area contributed by atoms with Crippen LogP contribution in [0.15, 0.2) is 113 Å². The molecule has 0 unspecified atom stereocenters. The third-order valence-electron chi connectivity index (χ3n) is 20.1. The van der Waals surface area contributed by atoms with Crippen LogP contribution in [-0.2, 0) is 44.9 Å². The molecule has 14 rings (SSSR count). The summed E-state index contributed by atoms with van der Waals surface area (Å²) in [7, 11) is 0. The van der Waals surface area contributed by atoms with E-state index in [2.05, 4.69) is 42.8 Å². The number of nitrogens with two attached hydrogens (primary N) is 4. The molecule has 4 aromatic carbocycles. The van der Waals surface area contributed by atoms with Gasteiger partial charge < -0.3 is 51.1 Å². The fourth-order valence-electron chi connectivity index (χ4n) is 14.5. The van der Waals surface area contributed by atoms with E-state index in [-0.39, 0.29) is 63.9 Å². The average molecular weight is 1670 g/mol. The number of fused-ring (bicyclic) bond motifs is 4. The highest BCUT2D eigenvalue weighted by atomic mass is 127. The number of nitrogens with zero attached hydrogens (tertiary/aromatic N) is 10. The first-order chi connectivity index (χ1) is 52.1. The van der Waals surface area contributed by atoms with Gasteiger partial charge in [0, 0.05) is 110 Å². The first-order valence-electron chi connectivity index (χ1n) is 38.2. The van der Waals surface area contributed by atoms with E-state index in [0.717, 1.165) is 133 Å². The van der Waals surface area contributed by atoms with Crippen molar-refractivity contribution in [2.45, 2.75) is 154 Å². The quantitative estimate of drug-likeness (QED) is 0.00604. The molecule has 0 atom stereocenters. The molecule has 2 aromatic heterocycles. The van der Waals surface area contributed by atoms with Gasteiger partial charge in [0.1, 0.15) is 10.9 Å². The molecule has 4 saturated heterocycles. The summed E-state index contributed by atoms with van der Waals surface area (Å²) in [6, 6.07) is 29.3. The summed E-state index contributed by atoms with van der Waals surface area (Å²) in [6.45, 7) is 15.8. The van der Waals surface area contributed by atoms with Crippen molar-refractivity contribution in [2.75, 3.05) is 136 Å². The molecule has 24 nitrogen and oxygen atoms in total. The SMILES string of the molecule is C1CCNCC1.CSC(=N)c1cccs1.I.NC(=Nc1ccc2c(c1)CCC(=O)N2CCCN1CCCCC1)c1cccs1.NN.Nc1ccc2c(c1)CCC(=O)N2CCCN1CCCCC1.O=C1CCc2cc([N+](=O)[O-])ccc2N1CCCCl.O=C1CCc2cc([N+](=O)[O-])ccc2N1CCCN1CCCCC1. The van der Waals surface area contributed by atoms with Gasteiger partial charge in [-0.3, -0.25) is 56.5 Å². The Morgan fingerprint density at radius 1 is 0.500 bits per heavy atom. The summed E-state index contributed by atoms with van der Waals surface area (Å²) in [5.41, 5.74) is 21.7. The largest absolute Gasteiger partial charge is 0.399 e. The number of benzene rings is 4. The molecule has 8 aliphatic rings. The van der Waals surface area contributed by atoms with Crippen molar-refractivity contribution < 1.29 is 29.0 Å². The molecule has 6 aromatic rings. The molecule has 108 heavy (non-hydrogen) atoms. The van der Waals surface area contributed by atoms with Crippen LogP contribution in [0.25, 0.3) is 0 Å². The summed E-state index contributed by atoms with van der Waals surface area (Å²) in [4.78, 5) is 91.2. The fourth-order valence-corrected chi connectivity index (χ4v) is 16.5. The molecule has 4 fully saturated rings. The molecular weight excluding hydrogens is 1560 g/mol. The number of nitrogen functional groups attached to an aromatic ring is 1. The van der Waals surface area contributed by atoms with Gasteiger partial charge in [0.05, 0.1) is 25.3 Å². The number of thioether (sulfide) groups is 1. The third-order valence-corrected chi connectivity index (χ3v) is 22.9. The zero-order valence-electron chi connectivity index (χ0n) is 62.7. The standard InChI is InChI=1S/C22H28N4OS.C17H23N3O3.C17H25N3O.C12H13ClN2O3.C6H7NS2.C5H11N.HI.H4N2/c23-22(20-6-4-15-28-20)24-18-8-9-19-17(16-18)7-10-21(27)26(19)14-5-13-25-11-2-1-3-12-25;21-17-8-5-14-13-15(20(22)23)6-7-16(14)19(17)12-4-11-18-9-2-1-3-10-18;18-15-6-7-16-14(13-15)5-8-17(21)20(16)12-4-11-19-9-2-1-3-10-19;13-6-1-7-14-11-4-3-10(15(17)18)8-9(11)2-5-12(14)16;1-8-6(7)5-3-2-4-9-5;1-2-4-6-5-3-1;;1-2/h4,6,8-9,15-16H,1-3,5,7,10-14H2,(H2,23,24);6-7,13H,1-5,8-12H2;6-7,13H,1-5,8-12,18H2;3-4,8H,1-2,5-7H2;2-4,7H,1H3;6H,1-5H2;1H;1-2H2. The van der Waals surface area contributed by atoms with Crippen molar-refractivity contribution in [3.8, 4) is 0 Å². The second kappa shape index (κ2) is 48.0. The van der Waals surface area contributed by atoms with Crippen LogP contribution >= 0.6 is 70.0 Å². The number of rotatable bonds is 20. The lowest BCUT2D eigenvalue weighted by molar-refractivity contribution is -0.385. The molecule has 0 spiro atoms. The van der Waals surface area contributed by atoms with Crippen LogP contribution in [0.3, 0.4) is 0 Å². The maximum atomic E-state index is 12.5. The number of halogens is 2. The highest BCUT2D eigenvalue weighted by Gasteiger charge is 2.30. The average Bonchev–Trinajstić information content (AvgIpc) is 0.853. The number of anilines is 5. The van der Waals surface area contributed by atoms with E-state index in [1.807, 2.05) is 86.3 Å². The number of amides is 4. The topological polar surface area (TPSA) is 330 Å². The van der Waals surface area contributed by atoms with Gasteiger partial charge in [-0.05, 0) is 275 Å². The van der Waals surface area contributed by atoms with Crippen LogP contribution in [0, 0.1) is 25.6 Å². The predicted octanol–water partition coefficient (Wildman–Crippen LogP) is 14.3. The fraction of sp³-hybridized carbons (Fsp3) is 0.519. The molecule has 10 heterocycles. The van der Waals surface area contributed by atoms with Crippen LogP contribution in [-0.4, -0.2) is 169 Å². The number of alkyl halides is 1. The molecule has 0 aliphatic carbocycles. The number of thiophene rings is 2. The number of hydrogen-bond acceptors (Lipinski definition) is 20. The number of hydrogen-bond donors (Lipinski definition) is 6. The summed E-state index contributed by atoms with van der Waals surface area (Å²) in [5, 5.41) is 36.9. The van der Waals surface area contributed by atoms with Crippen LogP contribution in [0.4, 0.5) is 45.5 Å². The molecule has 8 aliphatic heterocycles. The summed E-state index contributed by atoms with van der Waals surface area (Å²) < 4.78 is 0. The van der Waals surface area contributed by atoms with Gasteiger partial charge in [-0.1, -0.05) is 37.8 Å². The van der Waals surface area contributed by atoms with E-state index in [0.29, 0.717) is 74.8 Å². The molecule has 29 heteroatoms. The predicted molar refractivity (Wildman–Crippen MR) is 456 cm³/mol. The van der Waals surface area contributed by atoms with E-state index in [1.165, 1.54) is 151 Å². The zero-order valence-corrected chi connectivity index (χ0v) is 68.3. The molecule has 0 saturated carbocycles. The van der Waals surface area contributed by atoms with E-state index >= 15 is 0 Å². The first kappa shape index (κ1) is 88.2. The molecule has 10 N–H and O–H groups in total. The lowest BCUT2D eigenvalue weighted by Gasteiger charge is -2.31. The van der Waals surface area contributed by atoms with Gasteiger partial charge in [0.2, 0.25) is 23.6 Å². The Hall–Kier alpha value is -6.97. The van der Waals surface area contributed by atoms with Gasteiger partial charge in [0.25, 0.3) is 11.4 Å². The highest BCUT2D eigenvalue weighted by molar-refractivity contribution is 14.0. The number of piperidine rings is 4. The lowest BCUT2D eigenvalue weighted by Crippen LogP contribution is -2.38. The van der Waals surface area contributed by atoms with Crippen LogP contribution in [0.2, 0.25) is 0 Å². The van der Waals surface area contributed by atoms with E-state index < -0.39 is 4.92 Å². The second-order valence-electron chi connectivity index (χ2n) is 27.6. The molecule has 4 amide bonds. The maximum Gasteiger partial charge on any atom is 0.269 e. The number of aryl methyl sites for hydroxylation is 4. The Balaban J connectivity index is 0.000000188. The van der Waals surface area contributed by atoms with Crippen LogP contribution in [0.5, 0.6) is 0 Å². The van der Waals surface area contributed by atoms with Crippen molar-refractivity contribution in [3.05, 3.63) is 160 Å². The summed E-state index contributed by atoms with van der Waals surface area (Å²) in [5.74, 6) is 9.71. The van der Waals surface area contributed by atoms with E-state index in [1.54, 1.807) is 51.8 Å². The van der Waals surface area contributed by atoms with Gasteiger partial charge in [-0.2, -0.15) is 0 Å². The van der Waals surface area contributed by atoms with Crippen molar-refractivity contribution in [2.24, 2.45) is 22.4 Å². The molecule has 588 valence electrons. The Morgan fingerprint density at radius 2 is 0.861 bits per heavy atom. The van der Waals surface area contributed by atoms with Crippen molar-refractivity contribution in [1.82, 2.24) is 20.0 Å². The number of hydrazine groups is 1.